The molecule has 1 aliphatic rings. The molecule has 0 saturated heterocycles. The Morgan fingerprint density at radius 3 is 2.64 bits per heavy atom. The van der Waals surface area contributed by atoms with E-state index in [2.05, 4.69) is 15.0 Å². The van der Waals surface area contributed by atoms with E-state index in [-0.39, 0.29) is 36.9 Å². The maximum atomic E-state index is 13.3. The minimum absolute atomic E-state index is 0.0530. The normalized spacial score (nSPS) is 14.7. The molecule has 1 aliphatic carbocycles. The standard InChI is InChI=1S/C24H21ClF3N5O3/c1-23(5-6-23)36-22-19-21(30-13-31-22)33(12-15-10-14(4-7-29-15)24(26,27)28)20(32-19)17-3-2-16(11-18(17)25)35-9-8-34/h2-4,7,10-11,13,34H,5-6,8-9,12H2,1H3. The highest BCUT2D eigenvalue weighted by molar-refractivity contribution is 6.33. The van der Waals surface area contributed by atoms with Gasteiger partial charge in [-0.3, -0.25) is 4.98 Å². The number of alkyl halides is 3. The fourth-order valence-electron chi connectivity index (χ4n) is 3.69. The zero-order valence-corrected chi connectivity index (χ0v) is 19.8. The van der Waals surface area contributed by atoms with Crippen LogP contribution in [-0.4, -0.2) is 48.4 Å². The van der Waals surface area contributed by atoms with Gasteiger partial charge < -0.3 is 19.1 Å². The van der Waals surface area contributed by atoms with Crippen LogP contribution in [0.25, 0.3) is 22.6 Å². The molecule has 1 aromatic carbocycles. The van der Waals surface area contributed by atoms with Crippen molar-refractivity contribution in [2.75, 3.05) is 13.2 Å². The van der Waals surface area contributed by atoms with Gasteiger partial charge in [-0.1, -0.05) is 11.6 Å². The molecule has 0 unspecified atom stereocenters. The largest absolute Gasteiger partial charge is 0.491 e. The molecule has 36 heavy (non-hydrogen) atoms. The molecule has 0 spiro atoms. The van der Waals surface area contributed by atoms with Gasteiger partial charge in [0, 0.05) is 11.8 Å². The van der Waals surface area contributed by atoms with Crippen molar-refractivity contribution in [3.8, 4) is 23.0 Å². The Morgan fingerprint density at radius 1 is 1.14 bits per heavy atom. The van der Waals surface area contributed by atoms with Gasteiger partial charge >= 0.3 is 6.18 Å². The van der Waals surface area contributed by atoms with Crippen LogP contribution in [0.2, 0.25) is 5.02 Å². The summed E-state index contributed by atoms with van der Waals surface area (Å²) in [7, 11) is 0. The summed E-state index contributed by atoms with van der Waals surface area (Å²) in [5, 5.41) is 9.29. The van der Waals surface area contributed by atoms with Crippen molar-refractivity contribution in [2.24, 2.45) is 0 Å². The average Bonchev–Trinajstić information content (AvgIpc) is 3.46. The van der Waals surface area contributed by atoms with Crippen molar-refractivity contribution in [3.05, 3.63) is 59.1 Å². The number of aliphatic hydroxyl groups is 1. The lowest BCUT2D eigenvalue weighted by Crippen LogP contribution is -2.13. The van der Waals surface area contributed by atoms with Crippen molar-refractivity contribution in [1.29, 1.82) is 0 Å². The van der Waals surface area contributed by atoms with E-state index in [1.807, 2.05) is 6.92 Å². The molecule has 1 fully saturated rings. The first-order valence-electron chi connectivity index (χ1n) is 11.1. The summed E-state index contributed by atoms with van der Waals surface area (Å²) in [4.78, 5) is 17.5. The van der Waals surface area contributed by atoms with Crippen LogP contribution in [0.4, 0.5) is 13.2 Å². The number of hydrogen-bond acceptors (Lipinski definition) is 7. The summed E-state index contributed by atoms with van der Waals surface area (Å²) in [6, 6.07) is 6.84. The molecule has 3 aromatic heterocycles. The Hall–Kier alpha value is -3.44. The van der Waals surface area contributed by atoms with Gasteiger partial charge in [0.05, 0.1) is 29.4 Å². The van der Waals surface area contributed by atoms with E-state index in [0.717, 1.165) is 31.2 Å². The molecule has 0 bridgehead atoms. The van der Waals surface area contributed by atoms with Gasteiger partial charge in [-0.25, -0.2) is 9.97 Å². The number of ether oxygens (including phenoxy) is 2. The second-order valence-electron chi connectivity index (χ2n) is 8.67. The summed E-state index contributed by atoms with van der Waals surface area (Å²) in [5.74, 6) is 1.09. The lowest BCUT2D eigenvalue weighted by molar-refractivity contribution is -0.137. The SMILES string of the molecule is CC1(Oc2ncnc3c2nc(-c2ccc(OCCO)cc2Cl)n3Cc2cc(C(F)(F)F)ccn2)CC1. The molecule has 0 radical (unpaired) electrons. The van der Waals surface area contributed by atoms with E-state index in [1.54, 1.807) is 22.8 Å². The number of rotatable bonds is 8. The van der Waals surface area contributed by atoms with Crippen molar-refractivity contribution < 1.29 is 27.8 Å². The minimum atomic E-state index is -4.51. The fourth-order valence-corrected chi connectivity index (χ4v) is 3.95. The van der Waals surface area contributed by atoms with Gasteiger partial charge in [-0.2, -0.15) is 18.2 Å². The topological polar surface area (TPSA) is 95.2 Å². The van der Waals surface area contributed by atoms with E-state index in [1.165, 1.54) is 6.33 Å². The summed E-state index contributed by atoms with van der Waals surface area (Å²) < 4.78 is 53.1. The average molecular weight is 520 g/mol. The van der Waals surface area contributed by atoms with E-state index >= 15 is 0 Å². The summed E-state index contributed by atoms with van der Waals surface area (Å²) >= 11 is 6.56. The molecular weight excluding hydrogens is 499 g/mol. The molecule has 1 saturated carbocycles. The predicted molar refractivity (Wildman–Crippen MR) is 125 cm³/mol. The van der Waals surface area contributed by atoms with Gasteiger partial charge in [-0.15, -0.1) is 0 Å². The van der Waals surface area contributed by atoms with Gasteiger partial charge in [-0.05, 0) is 50.1 Å². The van der Waals surface area contributed by atoms with Crippen LogP contribution in [-0.2, 0) is 12.7 Å². The van der Waals surface area contributed by atoms with E-state index in [4.69, 9.17) is 31.2 Å². The van der Waals surface area contributed by atoms with Crippen LogP contribution in [0.5, 0.6) is 11.6 Å². The zero-order valence-electron chi connectivity index (χ0n) is 19.1. The third-order valence-corrected chi connectivity index (χ3v) is 6.11. The Kier molecular flexibility index (Phi) is 6.21. The van der Waals surface area contributed by atoms with Crippen molar-refractivity contribution in [2.45, 2.75) is 38.1 Å². The third kappa shape index (κ3) is 4.93. The van der Waals surface area contributed by atoms with Crippen LogP contribution in [0.15, 0.2) is 42.9 Å². The highest BCUT2D eigenvalue weighted by atomic mass is 35.5. The first-order chi connectivity index (χ1) is 17.2. The molecule has 0 amide bonds. The van der Waals surface area contributed by atoms with Crippen molar-refractivity contribution in [3.63, 3.8) is 0 Å². The number of aromatic nitrogens is 5. The van der Waals surface area contributed by atoms with Crippen LogP contribution in [0.3, 0.4) is 0 Å². The highest BCUT2D eigenvalue weighted by Crippen LogP contribution is 2.41. The molecule has 0 atom stereocenters. The Labute approximate surface area is 208 Å². The van der Waals surface area contributed by atoms with Gasteiger partial charge in [0.15, 0.2) is 11.2 Å². The number of fused-ring (bicyclic) bond motifs is 1. The number of benzene rings is 1. The first kappa shape index (κ1) is 24.3. The second-order valence-corrected chi connectivity index (χ2v) is 9.08. The molecular formula is C24H21ClF3N5O3. The number of hydrogen-bond donors (Lipinski definition) is 1. The lowest BCUT2D eigenvalue weighted by atomic mass is 10.2. The maximum Gasteiger partial charge on any atom is 0.416 e. The molecule has 188 valence electrons. The zero-order chi connectivity index (χ0) is 25.5. The number of aliphatic hydroxyl groups excluding tert-OH is 1. The molecule has 0 aliphatic heterocycles. The van der Waals surface area contributed by atoms with Gasteiger partial charge in [0.2, 0.25) is 5.88 Å². The monoisotopic (exact) mass is 519 g/mol. The van der Waals surface area contributed by atoms with Crippen molar-refractivity contribution in [1.82, 2.24) is 24.5 Å². The molecule has 12 heteroatoms. The Bertz CT molecular complexity index is 1420. The Balaban J connectivity index is 1.63. The van der Waals surface area contributed by atoms with Gasteiger partial charge in [0.1, 0.15) is 30.1 Å². The van der Waals surface area contributed by atoms with Crippen LogP contribution in [0.1, 0.15) is 31.0 Å². The quantitative estimate of drug-likeness (QED) is 0.353. The summed E-state index contributed by atoms with van der Waals surface area (Å²) in [5.41, 5.74) is 0.264. The van der Waals surface area contributed by atoms with Crippen LogP contribution in [0, 0.1) is 0 Å². The third-order valence-electron chi connectivity index (χ3n) is 5.80. The number of nitrogens with zero attached hydrogens (tertiary/aromatic N) is 5. The second kappa shape index (κ2) is 9.21. The first-order valence-corrected chi connectivity index (χ1v) is 11.5. The van der Waals surface area contributed by atoms with E-state index in [0.29, 0.717) is 33.3 Å². The number of halogens is 4. The van der Waals surface area contributed by atoms with Crippen LogP contribution < -0.4 is 9.47 Å². The number of pyridine rings is 1. The smallest absolute Gasteiger partial charge is 0.416 e. The summed E-state index contributed by atoms with van der Waals surface area (Å²) in [6.45, 7) is 1.86. The molecule has 3 heterocycles. The van der Waals surface area contributed by atoms with Crippen molar-refractivity contribution >= 4 is 22.8 Å². The lowest BCUT2D eigenvalue weighted by Gasteiger charge is -2.13. The maximum absolute atomic E-state index is 13.3. The molecule has 1 N–H and O–H groups in total. The summed E-state index contributed by atoms with van der Waals surface area (Å²) in [6.07, 6.45) is -0.302. The predicted octanol–water partition coefficient (Wildman–Crippen LogP) is 4.91. The Morgan fingerprint density at radius 2 is 1.94 bits per heavy atom. The molecule has 8 nitrogen and oxygen atoms in total. The minimum Gasteiger partial charge on any atom is -0.491 e. The van der Waals surface area contributed by atoms with Crippen LogP contribution >= 0.6 is 11.6 Å². The molecule has 5 rings (SSSR count). The van der Waals surface area contributed by atoms with E-state index < -0.39 is 11.7 Å². The van der Waals surface area contributed by atoms with E-state index in [9.17, 15) is 13.2 Å². The number of imidazole rings is 1. The molecule has 4 aromatic rings. The van der Waals surface area contributed by atoms with Gasteiger partial charge in [0.25, 0.3) is 0 Å². The fraction of sp³-hybridized carbons (Fsp3) is 0.333. The highest BCUT2D eigenvalue weighted by Gasteiger charge is 2.41.